The normalized spacial score (nSPS) is 24.6. The highest BCUT2D eigenvalue weighted by atomic mass is 16.6. The van der Waals surface area contributed by atoms with Crippen LogP contribution in [0.4, 0.5) is 0 Å². The van der Waals surface area contributed by atoms with Crippen LogP contribution in [0.3, 0.4) is 0 Å². The Morgan fingerprint density at radius 2 is 2.00 bits per heavy atom. The lowest BCUT2D eigenvalue weighted by Gasteiger charge is -1.50. The van der Waals surface area contributed by atoms with Crippen molar-refractivity contribution in [2.24, 2.45) is 0 Å². The summed E-state index contributed by atoms with van der Waals surface area (Å²) in [5.41, 5.74) is 0. The first kappa shape index (κ1) is 6.70. The molecule has 1 heterocycles. The molecule has 0 aromatic heterocycles. The summed E-state index contributed by atoms with van der Waals surface area (Å²) >= 11 is 0. The molecule has 1 rings (SSSR count). The third kappa shape index (κ3) is 10.7. The molecule has 0 radical (unpaired) electrons. The first-order valence-electron chi connectivity index (χ1n) is 2.50. The molecule has 0 aliphatic carbocycles. The summed E-state index contributed by atoms with van der Waals surface area (Å²) < 4.78 is 4.71. The van der Waals surface area contributed by atoms with Gasteiger partial charge in [0.15, 0.2) is 0 Å². The van der Waals surface area contributed by atoms with Gasteiger partial charge in [-0.05, 0) is 13.8 Å². The Labute approximate surface area is 45.0 Å². The third-order valence-corrected chi connectivity index (χ3v) is 0.500. The molecule has 1 aliphatic rings. The van der Waals surface area contributed by atoms with Gasteiger partial charge < -0.3 is 4.74 Å². The lowest BCUT2D eigenvalue weighted by molar-refractivity contribution is 0.423. The molecule has 0 spiro atoms. The number of ether oxygens (including phenoxy) is 1. The van der Waals surface area contributed by atoms with Crippen LogP contribution in [0.1, 0.15) is 13.8 Å². The van der Waals surface area contributed by atoms with E-state index >= 15 is 0 Å². The zero-order chi connectivity index (χ0) is 5.70. The van der Waals surface area contributed by atoms with E-state index in [1.165, 1.54) is 0 Å². The molecule has 0 bridgehead atoms. The van der Waals surface area contributed by atoms with Crippen molar-refractivity contribution in [3.05, 3.63) is 12.7 Å². The number of rotatable bonds is 0. The minimum absolute atomic E-state index is 0.583. The molecule has 0 amide bonds. The lowest BCUT2D eigenvalue weighted by Crippen LogP contribution is -1.60. The largest absolute Gasteiger partial charge is 0.373 e. The highest BCUT2D eigenvalue weighted by Crippen LogP contribution is 2.04. The van der Waals surface area contributed by atoms with Crippen LogP contribution >= 0.6 is 0 Å². The highest BCUT2D eigenvalue weighted by Gasteiger charge is 2.13. The Morgan fingerprint density at radius 1 is 1.86 bits per heavy atom. The van der Waals surface area contributed by atoms with Crippen LogP contribution in [-0.4, -0.2) is 12.7 Å². The molecule has 1 atom stereocenters. The topological polar surface area (TPSA) is 12.5 Å². The van der Waals surface area contributed by atoms with Crippen molar-refractivity contribution in [2.75, 3.05) is 6.61 Å². The fraction of sp³-hybridized carbons (Fsp3) is 0.667. The minimum atomic E-state index is 0.583. The average Bonchev–Trinajstić information content (AvgIpc) is 2.25. The number of epoxide rings is 1. The van der Waals surface area contributed by atoms with Crippen LogP contribution < -0.4 is 0 Å². The fourth-order valence-electron chi connectivity index (χ4n) is 0.0962. The van der Waals surface area contributed by atoms with Crippen molar-refractivity contribution in [1.29, 1.82) is 0 Å². The van der Waals surface area contributed by atoms with Crippen molar-refractivity contribution in [3.63, 3.8) is 0 Å². The molecule has 1 nitrogen and oxygen atoms in total. The second-order valence-corrected chi connectivity index (χ2v) is 1.55. The molecular formula is C6H12O. The smallest absolute Gasteiger partial charge is 0.0781 e. The van der Waals surface area contributed by atoms with Gasteiger partial charge in [0, 0.05) is 0 Å². The van der Waals surface area contributed by atoms with Crippen LogP contribution in [0.15, 0.2) is 12.7 Å². The van der Waals surface area contributed by atoms with Crippen molar-refractivity contribution in [3.8, 4) is 0 Å². The van der Waals surface area contributed by atoms with Gasteiger partial charge in [0.25, 0.3) is 0 Å². The minimum Gasteiger partial charge on any atom is -0.373 e. The summed E-state index contributed by atoms with van der Waals surface area (Å²) in [6.07, 6.45) is 2.33. The maximum atomic E-state index is 4.71. The van der Waals surface area contributed by atoms with Crippen LogP contribution in [0.5, 0.6) is 0 Å². The highest BCUT2D eigenvalue weighted by molar-refractivity contribution is 4.58. The molecular weight excluding hydrogens is 88.1 g/mol. The third-order valence-electron chi connectivity index (χ3n) is 0.500. The summed E-state index contributed by atoms with van der Waals surface area (Å²) in [4.78, 5) is 0. The summed E-state index contributed by atoms with van der Waals surface area (Å²) in [6, 6.07) is 0. The van der Waals surface area contributed by atoms with E-state index in [-0.39, 0.29) is 0 Å². The summed E-state index contributed by atoms with van der Waals surface area (Å²) in [5.74, 6) is 0. The second-order valence-electron chi connectivity index (χ2n) is 1.55. The zero-order valence-corrected chi connectivity index (χ0v) is 4.98. The second kappa shape index (κ2) is 3.88. The fourth-order valence-corrected chi connectivity index (χ4v) is 0.0962. The molecule has 7 heavy (non-hydrogen) atoms. The van der Waals surface area contributed by atoms with Crippen molar-refractivity contribution < 1.29 is 4.74 Å². The van der Waals surface area contributed by atoms with Gasteiger partial charge in [0.2, 0.25) is 0 Å². The SMILES string of the molecule is C=CC.CC1CO1. The maximum absolute atomic E-state index is 4.71. The van der Waals surface area contributed by atoms with E-state index in [9.17, 15) is 0 Å². The van der Waals surface area contributed by atoms with Gasteiger partial charge in [-0.3, -0.25) is 0 Å². The Hall–Kier alpha value is -0.300. The van der Waals surface area contributed by atoms with Crippen LogP contribution in [0.2, 0.25) is 0 Å². The van der Waals surface area contributed by atoms with Gasteiger partial charge in [-0.1, -0.05) is 6.08 Å². The monoisotopic (exact) mass is 100 g/mol. The molecule has 0 aromatic rings. The first-order valence-corrected chi connectivity index (χ1v) is 2.50. The van der Waals surface area contributed by atoms with Gasteiger partial charge in [0.05, 0.1) is 12.7 Å². The standard InChI is InChI=1S/C3H6O.C3H6/c1-3-2-4-3;1-3-2/h3H,2H2,1H3;3H,1H2,2H3. The average molecular weight is 100 g/mol. The summed E-state index contributed by atoms with van der Waals surface area (Å²) in [5, 5.41) is 0. The van der Waals surface area contributed by atoms with E-state index in [0.717, 1.165) is 6.61 Å². The van der Waals surface area contributed by atoms with Crippen molar-refractivity contribution in [2.45, 2.75) is 20.0 Å². The van der Waals surface area contributed by atoms with Crippen LogP contribution in [-0.2, 0) is 4.74 Å². The summed E-state index contributed by atoms with van der Waals surface area (Å²) in [6.45, 7) is 8.29. The summed E-state index contributed by atoms with van der Waals surface area (Å²) in [7, 11) is 0. The maximum Gasteiger partial charge on any atom is 0.0781 e. The van der Waals surface area contributed by atoms with Crippen molar-refractivity contribution >= 4 is 0 Å². The molecule has 42 valence electrons. The van der Waals surface area contributed by atoms with Crippen LogP contribution in [0, 0.1) is 0 Å². The van der Waals surface area contributed by atoms with Gasteiger partial charge in [-0.15, -0.1) is 6.58 Å². The number of hydrogen-bond acceptors (Lipinski definition) is 1. The Kier molecular flexibility index (Phi) is 3.71. The van der Waals surface area contributed by atoms with Gasteiger partial charge >= 0.3 is 0 Å². The Balaban J connectivity index is 0.000000110. The van der Waals surface area contributed by atoms with Gasteiger partial charge in [-0.2, -0.15) is 0 Å². The van der Waals surface area contributed by atoms with E-state index in [4.69, 9.17) is 4.74 Å². The predicted octanol–water partition coefficient (Wildman–Crippen LogP) is 1.60. The molecule has 1 saturated heterocycles. The van der Waals surface area contributed by atoms with E-state index in [1.54, 1.807) is 6.08 Å². The quantitative estimate of drug-likeness (QED) is 0.332. The van der Waals surface area contributed by atoms with Crippen molar-refractivity contribution in [1.82, 2.24) is 0 Å². The first-order chi connectivity index (χ1) is 3.31. The molecule has 0 saturated carbocycles. The molecule has 1 aliphatic heterocycles. The molecule has 0 N–H and O–H groups in total. The van der Waals surface area contributed by atoms with Gasteiger partial charge in [-0.25, -0.2) is 0 Å². The zero-order valence-electron chi connectivity index (χ0n) is 4.98. The molecule has 1 heteroatoms. The van der Waals surface area contributed by atoms with E-state index in [0.29, 0.717) is 6.10 Å². The predicted molar refractivity (Wildman–Crippen MR) is 31.3 cm³/mol. The molecule has 0 aromatic carbocycles. The van der Waals surface area contributed by atoms with Crippen LogP contribution in [0.25, 0.3) is 0 Å². The molecule has 1 unspecified atom stereocenters. The number of allylic oxidation sites excluding steroid dienone is 1. The molecule has 1 fully saturated rings. The van der Waals surface area contributed by atoms with E-state index in [1.807, 2.05) is 6.92 Å². The number of hydrogen-bond donors (Lipinski definition) is 0. The van der Waals surface area contributed by atoms with E-state index in [2.05, 4.69) is 13.5 Å². The van der Waals surface area contributed by atoms with E-state index < -0.39 is 0 Å². The lowest BCUT2D eigenvalue weighted by atomic mass is 10.6. The Morgan fingerprint density at radius 3 is 2.00 bits per heavy atom. The van der Waals surface area contributed by atoms with Gasteiger partial charge in [0.1, 0.15) is 0 Å². The Bertz CT molecular complexity index is 46.1.